The van der Waals surface area contributed by atoms with Crippen LogP contribution in [0, 0.1) is 19.7 Å². The normalized spacial score (nSPS) is 12.5. The standard InChI is InChI=1S/C15H15FO/c1-10-4-3-5-11(2)14(10)15(17)12-6-8-13(16)9-7-12/h3-9,15,17H,1-2H3. The highest BCUT2D eigenvalue weighted by Crippen LogP contribution is 2.27. The molecule has 1 unspecified atom stereocenters. The van der Waals surface area contributed by atoms with E-state index in [1.807, 2.05) is 32.0 Å². The second-order valence-electron chi connectivity index (χ2n) is 4.26. The highest BCUT2D eigenvalue weighted by molar-refractivity contribution is 5.40. The zero-order chi connectivity index (χ0) is 12.4. The number of halogens is 1. The third-order valence-corrected chi connectivity index (χ3v) is 3.00. The Labute approximate surface area is 101 Å². The second kappa shape index (κ2) is 4.68. The molecule has 2 aromatic rings. The zero-order valence-corrected chi connectivity index (χ0v) is 9.94. The van der Waals surface area contributed by atoms with Gasteiger partial charge in [0.2, 0.25) is 0 Å². The van der Waals surface area contributed by atoms with E-state index in [9.17, 15) is 9.50 Å². The van der Waals surface area contributed by atoms with Gasteiger partial charge < -0.3 is 5.11 Å². The Morgan fingerprint density at radius 1 is 0.941 bits per heavy atom. The lowest BCUT2D eigenvalue weighted by Crippen LogP contribution is -2.04. The Kier molecular flexibility index (Phi) is 3.25. The summed E-state index contributed by atoms with van der Waals surface area (Å²) in [5.74, 6) is -0.289. The molecule has 1 nitrogen and oxygen atoms in total. The van der Waals surface area contributed by atoms with Gasteiger partial charge in [-0.05, 0) is 48.2 Å². The molecule has 2 heteroatoms. The molecule has 0 aliphatic heterocycles. The minimum absolute atomic E-state index is 0.289. The second-order valence-corrected chi connectivity index (χ2v) is 4.26. The monoisotopic (exact) mass is 230 g/mol. The summed E-state index contributed by atoms with van der Waals surface area (Å²) < 4.78 is 12.8. The van der Waals surface area contributed by atoms with Gasteiger partial charge in [0.1, 0.15) is 11.9 Å². The largest absolute Gasteiger partial charge is 0.384 e. The lowest BCUT2D eigenvalue weighted by Gasteiger charge is -2.16. The van der Waals surface area contributed by atoms with Gasteiger partial charge in [0, 0.05) is 0 Å². The fourth-order valence-electron chi connectivity index (χ4n) is 2.07. The molecule has 0 radical (unpaired) electrons. The van der Waals surface area contributed by atoms with E-state index >= 15 is 0 Å². The van der Waals surface area contributed by atoms with Gasteiger partial charge in [-0.15, -0.1) is 0 Å². The molecule has 2 rings (SSSR count). The van der Waals surface area contributed by atoms with E-state index in [0.29, 0.717) is 5.56 Å². The summed E-state index contributed by atoms with van der Waals surface area (Å²) in [7, 11) is 0. The van der Waals surface area contributed by atoms with E-state index in [-0.39, 0.29) is 5.82 Å². The van der Waals surface area contributed by atoms with E-state index in [2.05, 4.69) is 0 Å². The van der Waals surface area contributed by atoms with Crippen molar-refractivity contribution in [3.05, 3.63) is 70.5 Å². The summed E-state index contributed by atoms with van der Waals surface area (Å²) >= 11 is 0. The van der Waals surface area contributed by atoms with Gasteiger partial charge >= 0.3 is 0 Å². The number of hydrogen-bond acceptors (Lipinski definition) is 1. The smallest absolute Gasteiger partial charge is 0.123 e. The molecule has 0 amide bonds. The van der Waals surface area contributed by atoms with E-state index in [0.717, 1.165) is 16.7 Å². The van der Waals surface area contributed by atoms with Crippen LogP contribution < -0.4 is 0 Å². The van der Waals surface area contributed by atoms with Crippen LogP contribution in [0.5, 0.6) is 0 Å². The van der Waals surface area contributed by atoms with Crippen molar-refractivity contribution in [3.63, 3.8) is 0 Å². The lowest BCUT2D eigenvalue weighted by molar-refractivity contribution is 0.218. The summed E-state index contributed by atoms with van der Waals surface area (Å²) in [6, 6.07) is 11.9. The quantitative estimate of drug-likeness (QED) is 0.836. The van der Waals surface area contributed by atoms with Crippen LogP contribution in [0.2, 0.25) is 0 Å². The van der Waals surface area contributed by atoms with Crippen LogP contribution in [-0.4, -0.2) is 5.11 Å². The Morgan fingerprint density at radius 2 is 1.47 bits per heavy atom. The number of aliphatic hydroxyl groups is 1. The molecule has 0 spiro atoms. The van der Waals surface area contributed by atoms with Gasteiger partial charge in [0.25, 0.3) is 0 Å². The summed E-state index contributed by atoms with van der Waals surface area (Å²) in [5, 5.41) is 10.3. The molecular formula is C15H15FO. The van der Waals surface area contributed by atoms with Crippen LogP contribution in [-0.2, 0) is 0 Å². The first kappa shape index (κ1) is 11.8. The van der Waals surface area contributed by atoms with Crippen molar-refractivity contribution in [1.29, 1.82) is 0 Å². The molecule has 1 N–H and O–H groups in total. The average molecular weight is 230 g/mol. The van der Waals surface area contributed by atoms with Crippen LogP contribution in [0.25, 0.3) is 0 Å². The van der Waals surface area contributed by atoms with Gasteiger partial charge in [-0.2, -0.15) is 0 Å². The fraction of sp³-hybridized carbons (Fsp3) is 0.200. The maximum atomic E-state index is 12.8. The number of aliphatic hydroxyl groups excluding tert-OH is 1. The Balaban J connectivity index is 2.43. The van der Waals surface area contributed by atoms with Gasteiger partial charge in [0.15, 0.2) is 0 Å². The number of benzene rings is 2. The molecule has 0 saturated carbocycles. The van der Waals surface area contributed by atoms with Gasteiger partial charge in [-0.1, -0.05) is 30.3 Å². The first-order valence-electron chi connectivity index (χ1n) is 5.59. The Morgan fingerprint density at radius 3 is 2.00 bits per heavy atom. The maximum Gasteiger partial charge on any atom is 0.123 e. The zero-order valence-electron chi connectivity index (χ0n) is 9.94. The third kappa shape index (κ3) is 2.37. The van der Waals surface area contributed by atoms with Crippen LogP contribution in [0.15, 0.2) is 42.5 Å². The van der Waals surface area contributed by atoms with Gasteiger partial charge in [-0.3, -0.25) is 0 Å². The molecule has 0 saturated heterocycles. The van der Waals surface area contributed by atoms with Crippen LogP contribution in [0.3, 0.4) is 0 Å². The van der Waals surface area contributed by atoms with Crippen molar-refractivity contribution in [1.82, 2.24) is 0 Å². The molecule has 2 aromatic carbocycles. The molecule has 0 bridgehead atoms. The van der Waals surface area contributed by atoms with Gasteiger partial charge in [0.05, 0.1) is 0 Å². The first-order chi connectivity index (χ1) is 8.09. The predicted octanol–water partition coefficient (Wildman–Crippen LogP) is 3.52. The summed E-state index contributed by atoms with van der Waals surface area (Å²) in [6.07, 6.45) is -0.697. The number of hydrogen-bond donors (Lipinski definition) is 1. The minimum Gasteiger partial charge on any atom is -0.384 e. The molecule has 88 valence electrons. The lowest BCUT2D eigenvalue weighted by atomic mass is 9.93. The summed E-state index contributed by atoms with van der Waals surface area (Å²) in [4.78, 5) is 0. The van der Waals surface area contributed by atoms with Crippen molar-refractivity contribution < 1.29 is 9.50 Å². The first-order valence-corrected chi connectivity index (χ1v) is 5.59. The molecular weight excluding hydrogens is 215 g/mol. The number of aryl methyl sites for hydroxylation is 2. The minimum atomic E-state index is -0.697. The Hall–Kier alpha value is -1.67. The van der Waals surface area contributed by atoms with E-state index in [1.54, 1.807) is 12.1 Å². The van der Waals surface area contributed by atoms with Crippen molar-refractivity contribution >= 4 is 0 Å². The molecule has 0 fully saturated rings. The molecule has 0 aromatic heterocycles. The predicted molar refractivity (Wildman–Crippen MR) is 66.4 cm³/mol. The van der Waals surface area contributed by atoms with Crippen molar-refractivity contribution in [2.24, 2.45) is 0 Å². The maximum absolute atomic E-state index is 12.8. The summed E-state index contributed by atoms with van der Waals surface area (Å²) in [6.45, 7) is 3.93. The molecule has 1 atom stereocenters. The van der Waals surface area contributed by atoms with E-state index in [4.69, 9.17) is 0 Å². The van der Waals surface area contributed by atoms with Crippen LogP contribution >= 0.6 is 0 Å². The van der Waals surface area contributed by atoms with Crippen LogP contribution in [0.1, 0.15) is 28.4 Å². The van der Waals surface area contributed by atoms with Crippen molar-refractivity contribution in [3.8, 4) is 0 Å². The summed E-state index contributed by atoms with van der Waals surface area (Å²) in [5.41, 5.74) is 3.70. The molecule has 0 aliphatic carbocycles. The number of rotatable bonds is 2. The van der Waals surface area contributed by atoms with Crippen molar-refractivity contribution in [2.45, 2.75) is 20.0 Å². The highest BCUT2D eigenvalue weighted by atomic mass is 19.1. The topological polar surface area (TPSA) is 20.2 Å². The van der Waals surface area contributed by atoms with Crippen molar-refractivity contribution in [2.75, 3.05) is 0 Å². The molecule has 0 aliphatic rings. The van der Waals surface area contributed by atoms with E-state index < -0.39 is 6.10 Å². The fourth-order valence-corrected chi connectivity index (χ4v) is 2.07. The SMILES string of the molecule is Cc1cccc(C)c1C(O)c1ccc(F)cc1. The molecule has 17 heavy (non-hydrogen) atoms. The third-order valence-electron chi connectivity index (χ3n) is 3.00. The van der Waals surface area contributed by atoms with E-state index in [1.165, 1.54) is 12.1 Å². The highest BCUT2D eigenvalue weighted by Gasteiger charge is 2.14. The average Bonchev–Trinajstić information content (AvgIpc) is 2.29. The van der Waals surface area contributed by atoms with Gasteiger partial charge in [-0.25, -0.2) is 4.39 Å². The Bertz CT molecular complexity index is 497. The van der Waals surface area contributed by atoms with Crippen LogP contribution in [0.4, 0.5) is 4.39 Å². The molecule has 0 heterocycles.